The number of hydrazine groups is 1. The van der Waals surface area contributed by atoms with E-state index in [-0.39, 0.29) is 5.91 Å². The Morgan fingerprint density at radius 3 is 2.45 bits per heavy atom. The molecule has 6 nitrogen and oxygen atoms in total. The maximum atomic E-state index is 12.1. The van der Waals surface area contributed by atoms with Crippen LogP contribution in [0.5, 0.6) is 0 Å². The average molecular weight is 413 g/mol. The van der Waals surface area contributed by atoms with E-state index in [1.807, 2.05) is 24.3 Å². The zero-order valence-corrected chi connectivity index (χ0v) is 17.9. The van der Waals surface area contributed by atoms with Crippen LogP contribution in [-0.4, -0.2) is 43.7 Å². The molecular weight excluding hydrogens is 382 g/mol. The van der Waals surface area contributed by atoms with Crippen LogP contribution in [-0.2, 0) is 4.79 Å². The molecule has 0 unspecified atom stereocenters. The van der Waals surface area contributed by atoms with Gasteiger partial charge in [-0.15, -0.1) is 0 Å². The molecule has 7 heteroatoms. The van der Waals surface area contributed by atoms with Gasteiger partial charge in [-0.3, -0.25) is 15.6 Å². The molecule has 0 radical (unpaired) electrons. The van der Waals surface area contributed by atoms with Crippen LogP contribution >= 0.6 is 12.2 Å². The van der Waals surface area contributed by atoms with Gasteiger partial charge in [0.05, 0.1) is 39.1 Å². The van der Waals surface area contributed by atoms with E-state index in [0.717, 1.165) is 38.4 Å². The molecule has 2 aromatic carbocycles. The van der Waals surface area contributed by atoms with Gasteiger partial charge in [0.25, 0.3) is 0 Å². The highest BCUT2D eigenvalue weighted by Crippen LogP contribution is 2.14. The van der Waals surface area contributed by atoms with Gasteiger partial charge in [-0.25, -0.2) is 0 Å². The lowest BCUT2D eigenvalue weighted by Gasteiger charge is -2.33. The van der Waals surface area contributed by atoms with Gasteiger partial charge in [-0.2, -0.15) is 0 Å². The Kier molecular flexibility index (Phi) is 7.43. The van der Waals surface area contributed by atoms with Crippen LogP contribution in [0.4, 0.5) is 11.4 Å². The van der Waals surface area contributed by atoms with Crippen LogP contribution in [0.2, 0.25) is 0 Å². The number of nitrogens with one attached hydrogen (secondary N) is 4. The van der Waals surface area contributed by atoms with E-state index in [2.05, 4.69) is 59.2 Å². The molecule has 2 aromatic rings. The van der Waals surface area contributed by atoms with E-state index in [4.69, 9.17) is 12.2 Å². The molecule has 3 rings (SSSR count). The van der Waals surface area contributed by atoms with Gasteiger partial charge >= 0.3 is 0 Å². The third-order valence-corrected chi connectivity index (χ3v) is 5.58. The number of hydrogen-bond donors (Lipinski definition) is 4. The number of amides is 1. The highest BCUT2D eigenvalue weighted by atomic mass is 32.1. The molecule has 154 valence electrons. The summed E-state index contributed by atoms with van der Waals surface area (Å²) in [5.74, 6) is -0.0489. The summed E-state index contributed by atoms with van der Waals surface area (Å²) in [6, 6.07) is 16.5. The molecule has 1 amide bonds. The predicted octanol–water partition coefficient (Wildman–Crippen LogP) is 1.42. The van der Waals surface area contributed by atoms with Crippen molar-refractivity contribution in [3.05, 3.63) is 59.7 Å². The predicted molar refractivity (Wildman–Crippen MR) is 122 cm³/mol. The Bertz CT molecular complexity index is 834. The van der Waals surface area contributed by atoms with Crippen molar-refractivity contribution in [3.8, 4) is 0 Å². The molecule has 1 heterocycles. The SMILES string of the molecule is Cc1ccc(NC(=S)NNC(=O)CC[NH+]2CCN(c3ccccc3)CC2)cc1C. The quantitative estimate of drug-likeness (QED) is 0.442. The fourth-order valence-corrected chi connectivity index (χ4v) is 3.60. The number of piperazine rings is 1. The Morgan fingerprint density at radius 2 is 1.76 bits per heavy atom. The van der Waals surface area contributed by atoms with E-state index in [1.54, 1.807) is 0 Å². The second-order valence-electron chi connectivity index (χ2n) is 7.50. The summed E-state index contributed by atoms with van der Waals surface area (Å²) >= 11 is 5.25. The summed E-state index contributed by atoms with van der Waals surface area (Å²) in [5, 5.41) is 3.47. The highest BCUT2D eigenvalue weighted by Gasteiger charge is 2.20. The molecular formula is C22H30N5OS+. The number of carbonyl (C=O) groups is 1. The zero-order valence-electron chi connectivity index (χ0n) is 17.1. The fraction of sp³-hybridized carbons (Fsp3) is 0.364. The van der Waals surface area contributed by atoms with Crippen LogP contribution in [0.15, 0.2) is 48.5 Å². The number of carbonyl (C=O) groups excluding carboxylic acids is 1. The molecule has 4 N–H and O–H groups in total. The summed E-state index contributed by atoms with van der Waals surface area (Å²) in [6.07, 6.45) is 0.472. The highest BCUT2D eigenvalue weighted by molar-refractivity contribution is 7.80. The van der Waals surface area contributed by atoms with E-state index in [0.29, 0.717) is 11.5 Å². The van der Waals surface area contributed by atoms with Crippen LogP contribution in [0.1, 0.15) is 17.5 Å². The maximum absolute atomic E-state index is 12.1. The number of benzene rings is 2. The minimum atomic E-state index is -0.0489. The molecule has 0 saturated carbocycles. The molecule has 1 aliphatic rings. The van der Waals surface area contributed by atoms with Gasteiger partial charge in [0, 0.05) is 11.4 Å². The number of aryl methyl sites for hydroxylation is 2. The van der Waals surface area contributed by atoms with Gasteiger partial charge in [-0.05, 0) is 61.5 Å². The monoisotopic (exact) mass is 412 g/mol. The molecule has 0 spiro atoms. The molecule has 29 heavy (non-hydrogen) atoms. The van der Waals surface area contributed by atoms with Gasteiger partial charge in [0.1, 0.15) is 0 Å². The van der Waals surface area contributed by atoms with Crippen LogP contribution in [0.25, 0.3) is 0 Å². The number of anilines is 2. The van der Waals surface area contributed by atoms with Crippen molar-refractivity contribution in [3.63, 3.8) is 0 Å². The maximum Gasteiger partial charge on any atom is 0.244 e. The van der Waals surface area contributed by atoms with Crippen molar-refractivity contribution in [2.24, 2.45) is 0 Å². The Hall–Kier alpha value is -2.64. The van der Waals surface area contributed by atoms with Gasteiger partial charge in [0.2, 0.25) is 5.91 Å². The van der Waals surface area contributed by atoms with Crippen molar-refractivity contribution in [1.29, 1.82) is 0 Å². The van der Waals surface area contributed by atoms with Gasteiger partial charge in [-0.1, -0.05) is 24.3 Å². The number of quaternary nitrogens is 1. The molecule has 1 aliphatic heterocycles. The third kappa shape index (κ3) is 6.44. The minimum absolute atomic E-state index is 0.0489. The first-order chi connectivity index (χ1) is 14.0. The van der Waals surface area contributed by atoms with Crippen molar-refractivity contribution < 1.29 is 9.69 Å². The van der Waals surface area contributed by atoms with Gasteiger partial charge < -0.3 is 15.1 Å². The minimum Gasteiger partial charge on any atom is -0.360 e. The first kappa shape index (κ1) is 21.1. The molecule has 0 bridgehead atoms. The fourth-order valence-electron chi connectivity index (χ4n) is 3.43. The van der Waals surface area contributed by atoms with E-state index in [9.17, 15) is 4.79 Å². The Balaban J connectivity index is 1.33. The summed E-state index contributed by atoms with van der Waals surface area (Å²) in [5.41, 5.74) is 10.1. The lowest BCUT2D eigenvalue weighted by molar-refractivity contribution is -0.900. The lowest BCUT2D eigenvalue weighted by Crippen LogP contribution is -3.15. The van der Waals surface area contributed by atoms with Crippen LogP contribution in [0, 0.1) is 13.8 Å². The number of hydrogen-bond acceptors (Lipinski definition) is 3. The first-order valence-electron chi connectivity index (χ1n) is 10.1. The summed E-state index contributed by atoms with van der Waals surface area (Å²) in [6.45, 7) is 9.07. The standard InChI is InChI=1S/C22H29N5OS/c1-17-8-9-19(16-18(17)2)23-22(29)25-24-21(28)10-11-26-12-14-27(15-13-26)20-6-4-3-5-7-20/h3-9,16H,10-15H2,1-2H3,(H,24,28)(H2,23,25,29)/p+1. The Morgan fingerprint density at radius 1 is 1.03 bits per heavy atom. The Labute approximate surface area is 178 Å². The topological polar surface area (TPSA) is 60.8 Å². The smallest absolute Gasteiger partial charge is 0.244 e. The number of para-hydroxylation sites is 1. The lowest BCUT2D eigenvalue weighted by atomic mass is 10.1. The normalized spacial score (nSPS) is 14.3. The summed E-state index contributed by atoms with van der Waals surface area (Å²) < 4.78 is 0. The second kappa shape index (κ2) is 10.2. The van der Waals surface area contributed by atoms with E-state index in [1.165, 1.54) is 21.7 Å². The largest absolute Gasteiger partial charge is 0.360 e. The molecule has 0 aliphatic carbocycles. The van der Waals surface area contributed by atoms with Crippen molar-refractivity contribution in [2.45, 2.75) is 20.3 Å². The van der Waals surface area contributed by atoms with Gasteiger partial charge in [0.15, 0.2) is 5.11 Å². The molecule has 0 aromatic heterocycles. The molecule has 1 saturated heterocycles. The van der Waals surface area contributed by atoms with E-state index >= 15 is 0 Å². The van der Waals surface area contributed by atoms with E-state index < -0.39 is 0 Å². The molecule has 1 fully saturated rings. The van der Waals surface area contributed by atoms with Crippen molar-refractivity contribution in [2.75, 3.05) is 42.9 Å². The second-order valence-corrected chi connectivity index (χ2v) is 7.91. The van der Waals surface area contributed by atoms with Crippen molar-refractivity contribution >= 4 is 34.6 Å². The number of nitrogens with zero attached hydrogens (tertiary/aromatic N) is 1. The number of thiocarbonyl (C=S) groups is 1. The first-order valence-corrected chi connectivity index (χ1v) is 10.5. The summed E-state index contributed by atoms with van der Waals surface area (Å²) in [7, 11) is 0. The average Bonchev–Trinajstić information content (AvgIpc) is 2.74. The van der Waals surface area contributed by atoms with Crippen LogP contribution < -0.4 is 26.0 Å². The van der Waals surface area contributed by atoms with Crippen molar-refractivity contribution in [1.82, 2.24) is 10.9 Å². The summed E-state index contributed by atoms with van der Waals surface area (Å²) in [4.78, 5) is 16.0. The molecule has 0 atom stereocenters. The van der Waals surface area contributed by atoms with Crippen LogP contribution in [0.3, 0.4) is 0 Å². The zero-order chi connectivity index (χ0) is 20.6. The number of rotatable bonds is 5. The third-order valence-electron chi connectivity index (χ3n) is 5.38.